The van der Waals surface area contributed by atoms with Crippen molar-refractivity contribution in [1.29, 1.82) is 0 Å². The smallest absolute Gasteiger partial charge is 0.313 e. The lowest BCUT2D eigenvalue weighted by Crippen LogP contribution is -2.52. The second-order valence-corrected chi connectivity index (χ2v) is 5.79. The molecule has 1 heterocycles. The molecule has 0 aromatic heterocycles. The van der Waals surface area contributed by atoms with Crippen molar-refractivity contribution in [2.24, 2.45) is 0 Å². The summed E-state index contributed by atoms with van der Waals surface area (Å²) < 4.78 is 5.04. The number of hydrogen-bond donors (Lipinski definition) is 0. The number of benzene rings is 1. The Morgan fingerprint density at radius 1 is 1.33 bits per heavy atom. The third kappa shape index (κ3) is 4.32. The Morgan fingerprint density at radius 3 is 2.67 bits per heavy atom. The normalized spacial score (nSPS) is 17.3. The molecule has 5 nitrogen and oxygen atoms in total. The molecule has 112 valence electrons. The molecule has 1 amide bonds. The van der Waals surface area contributed by atoms with Crippen molar-refractivity contribution in [2.75, 3.05) is 12.8 Å². The standard InChI is InChI=1S/C15H17NO4S/c1-21-14-8-13(18)16(14)9-12(17)7-15(19)20-10-11-5-3-2-4-6-11/h2-6,14H,7-10H2,1H3. The molecule has 2 rings (SSSR count). The van der Waals surface area contributed by atoms with Crippen molar-refractivity contribution in [2.45, 2.75) is 24.8 Å². The van der Waals surface area contributed by atoms with Crippen molar-refractivity contribution in [1.82, 2.24) is 4.90 Å². The first kappa shape index (κ1) is 15.6. The van der Waals surface area contributed by atoms with Crippen LogP contribution in [-0.2, 0) is 25.7 Å². The van der Waals surface area contributed by atoms with Crippen LogP contribution in [0.4, 0.5) is 0 Å². The van der Waals surface area contributed by atoms with Gasteiger partial charge in [0, 0.05) is 0 Å². The Hall–Kier alpha value is -1.82. The van der Waals surface area contributed by atoms with Crippen LogP contribution in [0.15, 0.2) is 30.3 Å². The van der Waals surface area contributed by atoms with E-state index >= 15 is 0 Å². The molecular weight excluding hydrogens is 290 g/mol. The molecule has 0 N–H and O–H groups in total. The molecule has 0 bridgehead atoms. The van der Waals surface area contributed by atoms with Crippen LogP contribution in [0.2, 0.25) is 0 Å². The minimum Gasteiger partial charge on any atom is -0.460 e. The van der Waals surface area contributed by atoms with Gasteiger partial charge in [0.2, 0.25) is 5.91 Å². The van der Waals surface area contributed by atoms with Crippen molar-refractivity contribution in [3.05, 3.63) is 35.9 Å². The largest absolute Gasteiger partial charge is 0.460 e. The second kappa shape index (κ2) is 7.26. The van der Waals surface area contributed by atoms with E-state index in [2.05, 4.69) is 0 Å². The van der Waals surface area contributed by atoms with Gasteiger partial charge in [-0.2, -0.15) is 0 Å². The van der Waals surface area contributed by atoms with Crippen LogP contribution in [0.3, 0.4) is 0 Å². The van der Waals surface area contributed by atoms with E-state index in [0.29, 0.717) is 6.42 Å². The summed E-state index contributed by atoms with van der Waals surface area (Å²) in [6, 6.07) is 9.27. The van der Waals surface area contributed by atoms with Crippen LogP contribution in [0.1, 0.15) is 18.4 Å². The number of thioether (sulfide) groups is 1. The fourth-order valence-corrected chi connectivity index (χ4v) is 2.78. The van der Waals surface area contributed by atoms with E-state index in [-0.39, 0.29) is 36.6 Å². The molecule has 0 spiro atoms. The third-order valence-electron chi connectivity index (χ3n) is 3.22. The maximum atomic E-state index is 11.8. The summed E-state index contributed by atoms with van der Waals surface area (Å²) in [6.45, 7) is 0.147. The van der Waals surface area contributed by atoms with Crippen LogP contribution in [0, 0.1) is 0 Å². The van der Waals surface area contributed by atoms with Gasteiger partial charge in [0.25, 0.3) is 0 Å². The Balaban J connectivity index is 1.72. The number of likely N-dealkylation sites (tertiary alicyclic amines) is 1. The highest BCUT2D eigenvalue weighted by Gasteiger charge is 2.36. The number of β-lactam (4-membered cyclic amide) rings is 1. The molecule has 0 aliphatic carbocycles. The minimum atomic E-state index is -0.558. The molecule has 1 aromatic carbocycles. The molecule has 1 aliphatic rings. The lowest BCUT2D eigenvalue weighted by Gasteiger charge is -2.38. The van der Waals surface area contributed by atoms with Gasteiger partial charge in [-0.25, -0.2) is 0 Å². The van der Waals surface area contributed by atoms with Crippen molar-refractivity contribution in [3.63, 3.8) is 0 Å². The van der Waals surface area contributed by atoms with Gasteiger partial charge in [-0.15, -0.1) is 11.8 Å². The number of nitrogens with zero attached hydrogens (tertiary/aromatic N) is 1. The Bertz CT molecular complexity index is 532. The van der Waals surface area contributed by atoms with E-state index in [0.717, 1.165) is 5.56 Å². The van der Waals surface area contributed by atoms with Gasteiger partial charge in [-0.3, -0.25) is 14.4 Å². The predicted molar refractivity (Wildman–Crippen MR) is 79.5 cm³/mol. The molecule has 1 aromatic rings. The maximum Gasteiger partial charge on any atom is 0.313 e. The first-order chi connectivity index (χ1) is 10.1. The number of ether oxygens (including phenoxy) is 1. The van der Waals surface area contributed by atoms with Crippen LogP contribution in [-0.4, -0.2) is 40.7 Å². The Labute approximate surface area is 127 Å². The molecule has 0 saturated carbocycles. The summed E-state index contributed by atoms with van der Waals surface area (Å²) in [5.74, 6) is -0.891. The topological polar surface area (TPSA) is 63.7 Å². The highest BCUT2D eigenvalue weighted by atomic mass is 32.2. The third-order valence-corrected chi connectivity index (χ3v) is 4.19. The average molecular weight is 307 g/mol. The fourth-order valence-electron chi connectivity index (χ4n) is 2.02. The first-order valence-corrected chi connectivity index (χ1v) is 7.92. The lowest BCUT2D eigenvalue weighted by atomic mass is 10.1. The predicted octanol–water partition coefficient (Wildman–Crippen LogP) is 1.61. The summed E-state index contributed by atoms with van der Waals surface area (Å²) in [5.41, 5.74) is 0.874. The van der Waals surface area contributed by atoms with Crippen molar-refractivity contribution < 1.29 is 19.1 Å². The minimum absolute atomic E-state index is 0.00915. The van der Waals surface area contributed by atoms with Crippen LogP contribution in [0.5, 0.6) is 0 Å². The molecule has 1 saturated heterocycles. The van der Waals surface area contributed by atoms with Crippen LogP contribution < -0.4 is 0 Å². The van der Waals surface area contributed by atoms with Crippen LogP contribution >= 0.6 is 11.8 Å². The van der Waals surface area contributed by atoms with Gasteiger partial charge in [0.15, 0.2) is 5.78 Å². The van der Waals surface area contributed by atoms with Crippen LogP contribution in [0.25, 0.3) is 0 Å². The van der Waals surface area contributed by atoms with Gasteiger partial charge >= 0.3 is 5.97 Å². The van der Waals surface area contributed by atoms with E-state index in [1.54, 1.807) is 0 Å². The van der Waals surface area contributed by atoms with Gasteiger partial charge in [-0.05, 0) is 11.8 Å². The first-order valence-electron chi connectivity index (χ1n) is 6.63. The van der Waals surface area contributed by atoms with E-state index in [1.165, 1.54) is 16.7 Å². The van der Waals surface area contributed by atoms with Gasteiger partial charge in [0.05, 0.1) is 18.3 Å². The molecule has 1 aliphatic heterocycles. The SMILES string of the molecule is CSC1CC(=O)N1CC(=O)CC(=O)OCc1ccccc1. The molecule has 21 heavy (non-hydrogen) atoms. The van der Waals surface area contributed by atoms with E-state index in [1.807, 2.05) is 36.6 Å². The molecular formula is C15H17NO4S. The lowest BCUT2D eigenvalue weighted by molar-refractivity contribution is -0.150. The summed E-state index contributed by atoms with van der Waals surface area (Å²) >= 11 is 1.53. The highest BCUT2D eigenvalue weighted by molar-refractivity contribution is 7.99. The molecule has 1 fully saturated rings. The Morgan fingerprint density at radius 2 is 2.05 bits per heavy atom. The number of rotatable bonds is 7. The zero-order chi connectivity index (χ0) is 15.2. The zero-order valence-corrected chi connectivity index (χ0v) is 12.6. The molecule has 0 radical (unpaired) electrons. The summed E-state index contributed by atoms with van der Waals surface area (Å²) in [6.07, 6.45) is 2.06. The fraction of sp³-hybridized carbons (Fsp3) is 0.400. The monoisotopic (exact) mass is 307 g/mol. The van der Waals surface area contributed by atoms with E-state index in [4.69, 9.17) is 4.74 Å². The number of Topliss-reactive ketones (excluding diaryl/α,β-unsaturated/α-hetero) is 1. The van der Waals surface area contributed by atoms with Crippen molar-refractivity contribution >= 4 is 29.4 Å². The average Bonchev–Trinajstić information content (AvgIpc) is 2.49. The van der Waals surface area contributed by atoms with Gasteiger partial charge < -0.3 is 9.64 Å². The highest BCUT2D eigenvalue weighted by Crippen LogP contribution is 2.27. The van der Waals surface area contributed by atoms with Gasteiger partial charge in [0.1, 0.15) is 13.0 Å². The quantitative estimate of drug-likeness (QED) is 0.435. The van der Waals surface area contributed by atoms with Gasteiger partial charge in [-0.1, -0.05) is 30.3 Å². The van der Waals surface area contributed by atoms with Crippen molar-refractivity contribution in [3.8, 4) is 0 Å². The summed E-state index contributed by atoms with van der Waals surface area (Å²) in [7, 11) is 0. The van der Waals surface area contributed by atoms with E-state index < -0.39 is 5.97 Å². The number of amides is 1. The number of carbonyl (C=O) groups excluding carboxylic acids is 3. The number of ketones is 1. The Kier molecular flexibility index (Phi) is 5.38. The summed E-state index contributed by atoms with van der Waals surface area (Å²) in [4.78, 5) is 36.2. The zero-order valence-electron chi connectivity index (χ0n) is 11.8. The molecule has 1 atom stereocenters. The second-order valence-electron chi connectivity index (χ2n) is 4.78. The molecule has 1 unspecified atom stereocenters. The number of carbonyl (C=O) groups is 3. The number of esters is 1. The van der Waals surface area contributed by atoms with E-state index in [9.17, 15) is 14.4 Å². The number of hydrogen-bond acceptors (Lipinski definition) is 5. The maximum absolute atomic E-state index is 11.8. The summed E-state index contributed by atoms with van der Waals surface area (Å²) in [5, 5.41) is 0.0572. The molecule has 6 heteroatoms.